The van der Waals surface area contributed by atoms with Crippen molar-refractivity contribution in [3.8, 4) is 11.1 Å². The normalized spacial score (nSPS) is 10.3. The van der Waals surface area contributed by atoms with E-state index in [1.807, 2.05) is 43.3 Å². The van der Waals surface area contributed by atoms with Gasteiger partial charge in [-0.15, -0.1) is 0 Å². The first-order chi connectivity index (χ1) is 9.52. The van der Waals surface area contributed by atoms with Crippen LogP contribution in [0.25, 0.3) is 11.1 Å². The summed E-state index contributed by atoms with van der Waals surface area (Å²) in [7, 11) is 1.40. The average Bonchev–Trinajstić information content (AvgIpc) is 2.46. The molecule has 20 heavy (non-hydrogen) atoms. The molecule has 3 heteroatoms. The number of carbonyl (C=O) groups excluding carboxylic acids is 1. The number of hydrogen-bond donors (Lipinski definition) is 1. The molecule has 0 bridgehead atoms. The van der Waals surface area contributed by atoms with Crippen LogP contribution in [-0.4, -0.2) is 13.1 Å². The highest BCUT2D eigenvalue weighted by Gasteiger charge is 2.07. The van der Waals surface area contributed by atoms with Crippen LogP contribution < -0.4 is 5.73 Å². The smallest absolute Gasteiger partial charge is 0.309 e. The molecule has 0 unspecified atom stereocenters. The van der Waals surface area contributed by atoms with Gasteiger partial charge in [0.15, 0.2) is 0 Å². The largest absolute Gasteiger partial charge is 0.469 e. The minimum absolute atomic E-state index is 0.225. The lowest BCUT2D eigenvalue weighted by molar-refractivity contribution is -0.139. The standard InChI is InChI=1S/C17H19NO2/c1-11-12(2)16(18)9-8-15(11)14-6-4-13(5-7-14)10-17(19)20-3/h4-9H,10,18H2,1-3H3. The minimum atomic E-state index is -0.225. The highest BCUT2D eigenvalue weighted by atomic mass is 16.5. The molecular weight excluding hydrogens is 250 g/mol. The Kier molecular flexibility index (Phi) is 4.08. The Labute approximate surface area is 119 Å². The van der Waals surface area contributed by atoms with Crippen molar-refractivity contribution in [3.05, 3.63) is 53.1 Å². The zero-order valence-electron chi connectivity index (χ0n) is 12.1. The molecular formula is C17H19NO2. The lowest BCUT2D eigenvalue weighted by atomic mass is 9.95. The van der Waals surface area contributed by atoms with Crippen LogP contribution in [0, 0.1) is 13.8 Å². The van der Waals surface area contributed by atoms with Gasteiger partial charge in [-0.2, -0.15) is 0 Å². The number of benzene rings is 2. The second-order valence-corrected chi connectivity index (χ2v) is 4.90. The number of nitrogens with two attached hydrogens (primary N) is 1. The molecule has 104 valence electrons. The molecule has 3 nitrogen and oxygen atoms in total. The molecule has 0 atom stereocenters. The van der Waals surface area contributed by atoms with E-state index in [4.69, 9.17) is 5.73 Å². The Morgan fingerprint density at radius 3 is 2.30 bits per heavy atom. The van der Waals surface area contributed by atoms with Crippen LogP contribution in [0.15, 0.2) is 36.4 Å². The number of ether oxygens (including phenoxy) is 1. The Morgan fingerprint density at radius 1 is 1.05 bits per heavy atom. The minimum Gasteiger partial charge on any atom is -0.469 e. The van der Waals surface area contributed by atoms with E-state index >= 15 is 0 Å². The van der Waals surface area contributed by atoms with Crippen molar-refractivity contribution in [1.82, 2.24) is 0 Å². The van der Waals surface area contributed by atoms with Gasteiger partial charge >= 0.3 is 5.97 Å². The van der Waals surface area contributed by atoms with Crippen molar-refractivity contribution in [1.29, 1.82) is 0 Å². The summed E-state index contributed by atoms with van der Waals surface area (Å²) in [6.45, 7) is 4.10. The van der Waals surface area contributed by atoms with Crippen molar-refractivity contribution in [3.63, 3.8) is 0 Å². The number of rotatable bonds is 3. The highest BCUT2D eigenvalue weighted by Crippen LogP contribution is 2.28. The molecule has 2 aromatic rings. The Morgan fingerprint density at radius 2 is 1.70 bits per heavy atom. The molecule has 0 radical (unpaired) electrons. The molecule has 0 aliphatic carbocycles. The van der Waals surface area contributed by atoms with E-state index in [1.54, 1.807) is 0 Å². The van der Waals surface area contributed by atoms with Gasteiger partial charge in [0.2, 0.25) is 0 Å². The van der Waals surface area contributed by atoms with Gasteiger partial charge in [0.1, 0.15) is 0 Å². The van der Waals surface area contributed by atoms with Crippen LogP contribution >= 0.6 is 0 Å². The molecule has 0 heterocycles. The van der Waals surface area contributed by atoms with Crippen molar-refractivity contribution in [2.45, 2.75) is 20.3 Å². The fourth-order valence-corrected chi connectivity index (χ4v) is 2.20. The van der Waals surface area contributed by atoms with E-state index in [2.05, 4.69) is 11.7 Å². The van der Waals surface area contributed by atoms with Gasteiger partial charge < -0.3 is 10.5 Å². The predicted molar refractivity (Wildman–Crippen MR) is 81.5 cm³/mol. The molecule has 0 aromatic heterocycles. The molecule has 0 fully saturated rings. The molecule has 0 spiro atoms. The third-order valence-electron chi connectivity index (χ3n) is 3.67. The third-order valence-corrected chi connectivity index (χ3v) is 3.67. The monoisotopic (exact) mass is 269 g/mol. The number of methoxy groups -OCH3 is 1. The average molecular weight is 269 g/mol. The summed E-state index contributed by atoms with van der Waals surface area (Å²) in [5, 5.41) is 0. The van der Waals surface area contributed by atoms with Crippen LogP contribution in [-0.2, 0) is 16.0 Å². The molecule has 0 aliphatic rings. The first kappa shape index (κ1) is 14.1. The Bertz CT molecular complexity index is 630. The number of carbonyl (C=O) groups is 1. The fraction of sp³-hybridized carbons (Fsp3) is 0.235. The number of anilines is 1. The second kappa shape index (κ2) is 5.78. The van der Waals surface area contributed by atoms with Crippen LogP contribution in [0.3, 0.4) is 0 Å². The molecule has 2 aromatic carbocycles. The van der Waals surface area contributed by atoms with Crippen molar-refractivity contribution < 1.29 is 9.53 Å². The molecule has 2 rings (SSSR count). The summed E-state index contributed by atoms with van der Waals surface area (Å²) in [4.78, 5) is 11.2. The zero-order valence-corrected chi connectivity index (χ0v) is 12.1. The third kappa shape index (κ3) is 2.82. The quantitative estimate of drug-likeness (QED) is 0.687. The maximum atomic E-state index is 11.2. The lowest BCUT2D eigenvalue weighted by Gasteiger charge is -2.11. The summed E-state index contributed by atoms with van der Waals surface area (Å²) < 4.78 is 4.66. The number of hydrogen-bond acceptors (Lipinski definition) is 3. The SMILES string of the molecule is COC(=O)Cc1ccc(-c2ccc(N)c(C)c2C)cc1. The molecule has 2 N–H and O–H groups in total. The van der Waals surface area contributed by atoms with Crippen molar-refractivity contribution >= 4 is 11.7 Å². The maximum absolute atomic E-state index is 11.2. The van der Waals surface area contributed by atoms with Crippen LogP contribution in [0.5, 0.6) is 0 Å². The van der Waals surface area contributed by atoms with Gasteiger partial charge in [0.05, 0.1) is 13.5 Å². The summed E-state index contributed by atoms with van der Waals surface area (Å²) in [5.41, 5.74) is 12.3. The Hall–Kier alpha value is -2.29. The van der Waals surface area contributed by atoms with Gasteiger partial charge in [-0.1, -0.05) is 30.3 Å². The van der Waals surface area contributed by atoms with Gasteiger partial charge in [-0.25, -0.2) is 0 Å². The van der Waals surface area contributed by atoms with Crippen LogP contribution in [0.2, 0.25) is 0 Å². The van der Waals surface area contributed by atoms with Gasteiger partial charge in [-0.05, 0) is 47.7 Å². The van der Waals surface area contributed by atoms with E-state index in [0.29, 0.717) is 6.42 Å². The maximum Gasteiger partial charge on any atom is 0.309 e. The van der Waals surface area contributed by atoms with E-state index in [1.165, 1.54) is 18.2 Å². The van der Waals surface area contributed by atoms with E-state index in [0.717, 1.165) is 22.4 Å². The topological polar surface area (TPSA) is 52.3 Å². The molecule has 0 saturated heterocycles. The van der Waals surface area contributed by atoms with E-state index in [9.17, 15) is 4.79 Å². The van der Waals surface area contributed by atoms with Crippen LogP contribution in [0.4, 0.5) is 5.69 Å². The number of nitrogen functional groups attached to an aromatic ring is 1. The highest BCUT2D eigenvalue weighted by molar-refractivity contribution is 5.74. The molecule has 0 amide bonds. The van der Waals surface area contributed by atoms with Gasteiger partial charge in [0, 0.05) is 5.69 Å². The lowest BCUT2D eigenvalue weighted by Crippen LogP contribution is -2.04. The zero-order chi connectivity index (χ0) is 14.7. The van der Waals surface area contributed by atoms with Crippen LogP contribution in [0.1, 0.15) is 16.7 Å². The fourth-order valence-electron chi connectivity index (χ4n) is 2.20. The van der Waals surface area contributed by atoms with Gasteiger partial charge in [0.25, 0.3) is 0 Å². The van der Waals surface area contributed by atoms with Crippen molar-refractivity contribution in [2.75, 3.05) is 12.8 Å². The first-order valence-electron chi connectivity index (χ1n) is 6.54. The molecule has 0 saturated carbocycles. The number of esters is 1. The van der Waals surface area contributed by atoms with E-state index in [-0.39, 0.29) is 5.97 Å². The summed E-state index contributed by atoms with van der Waals surface area (Å²) in [6, 6.07) is 11.9. The first-order valence-corrected chi connectivity index (χ1v) is 6.54. The Balaban J connectivity index is 2.31. The summed E-state index contributed by atoms with van der Waals surface area (Å²) >= 11 is 0. The van der Waals surface area contributed by atoms with Crippen molar-refractivity contribution in [2.24, 2.45) is 0 Å². The van der Waals surface area contributed by atoms with E-state index < -0.39 is 0 Å². The van der Waals surface area contributed by atoms with Gasteiger partial charge in [-0.3, -0.25) is 4.79 Å². The summed E-state index contributed by atoms with van der Waals surface area (Å²) in [5.74, 6) is -0.225. The summed E-state index contributed by atoms with van der Waals surface area (Å²) in [6.07, 6.45) is 0.302. The molecule has 0 aliphatic heterocycles. The second-order valence-electron chi connectivity index (χ2n) is 4.90. The predicted octanol–water partition coefficient (Wildman–Crippen LogP) is 3.27.